The lowest BCUT2D eigenvalue weighted by molar-refractivity contribution is 0.348. The number of hydrogen-bond acceptors (Lipinski definition) is 3. The van der Waals surface area contributed by atoms with Gasteiger partial charge in [0.2, 0.25) is 0 Å². The quantitative estimate of drug-likeness (QED) is 0.818. The number of anilines is 1. The summed E-state index contributed by atoms with van der Waals surface area (Å²) in [5.74, 6) is 2.75. The van der Waals surface area contributed by atoms with Gasteiger partial charge < -0.3 is 11.1 Å². The summed E-state index contributed by atoms with van der Waals surface area (Å²) in [5, 5.41) is 3.49. The first kappa shape index (κ1) is 11.9. The van der Waals surface area contributed by atoms with Crippen molar-refractivity contribution in [2.45, 2.75) is 25.7 Å². The molecule has 3 unspecified atom stereocenters. The van der Waals surface area contributed by atoms with Crippen LogP contribution >= 0.6 is 12.2 Å². The molecule has 96 valence electrons. The summed E-state index contributed by atoms with van der Waals surface area (Å²) in [6.45, 7) is 1.03. The Morgan fingerprint density at radius 3 is 3.00 bits per heavy atom. The Morgan fingerprint density at radius 2 is 2.33 bits per heavy atom. The number of thiocarbonyl (C=S) groups is 1. The molecule has 0 amide bonds. The Hall–Kier alpha value is -1.16. The SMILES string of the molecule is NC(=S)c1ncccc1NCC1CC2CCC1C2. The molecule has 18 heavy (non-hydrogen) atoms. The molecule has 2 bridgehead atoms. The van der Waals surface area contributed by atoms with Gasteiger partial charge in [0, 0.05) is 12.7 Å². The zero-order chi connectivity index (χ0) is 12.5. The molecular formula is C14H19N3S. The Labute approximate surface area is 113 Å². The van der Waals surface area contributed by atoms with Crippen molar-refractivity contribution < 1.29 is 0 Å². The summed E-state index contributed by atoms with van der Waals surface area (Å²) < 4.78 is 0. The number of pyridine rings is 1. The van der Waals surface area contributed by atoms with E-state index < -0.39 is 0 Å². The van der Waals surface area contributed by atoms with Crippen LogP contribution in [0.4, 0.5) is 5.69 Å². The Kier molecular flexibility index (Phi) is 3.20. The van der Waals surface area contributed by atoms with Crippen molar-refractivity contribution in [2.75, 3.05) is 11.9 Å². The molecule has 1 aromatic heterocycles. The van der Waals surface area contributed by atoms with E-state index in [2.05, 4.69) is 10.3 Å². The molecule has 1 aromatic rings. The highest BCUT2D eigenvalue weighted by atomic mass is 32.1. The molecule has 0 radical (unpaired) electrons. The molecule has 3 N–H and O–H groups in total. The fraction of sp³-hybridized carbons (Fsp3) is 0.571. The van der Waals surface area contributed by atoms with Crippen LogP contribution in [0.5, 0.6) is 0 Å². The Bertz CT molecular complexity index is 460. The minimum absolute atomic E-state index is 0.367. The highest BCUT2D eigenvalue weighted by Crippen LogP contribution is 2.48. The summed E-state index contributed by atoms with van der Waals surface area (Å²) in [6, 6.07) is 3.93. The third kappa shape index (κ3) is 2.21. The second kappa shape index (κ2) is 4.84. The molecule has 3 rings (SSSR count). The van der Waals surface area contributed by atoms with Gasteiger partial charge in [-0.3, -0.25) is 4.98 Å². The summed E-state index contributed by atoms with van der Waals surface area (Å²) in [5.41, 5.74) is 7.39. The van der Waals surface area contributed by atoms with E-state index in [1.807, 2.05) is 12.1 Å². The van der Waals surface area contributed by atoms with E-state index in [0.717, 1.165) is 35.7 Å². The molecule has 0 aromatic carbocycles. The minimum Gasteiger partial charge on any atom is -0.388 e. The standard InChI is InChI=1S/C14H19N3S/c15-14(18)13-12(2-1-5-16-13)17-8-11-7-9-3-4-10(11)6-9/h1-2,5,9-11,17H,3-4,6-8H2,(H2,15,18). The Balaban J connectivity index is 1.65. The molecule has 3 nitrogen and oxygen atoms in total. The van der Waals surface area contributed by atoms with Crippen LogP contribution in [0.1, 0.15) is 31.4 Å². The van der Waals surface area contributed by atoms with Crippen LogP contribution < -0.4 is 11.1 Å². The lowest BCUT2D eigenvalue weighted by Gasteiger charge is -2.22. The number of rotatable bonds is 4. The normalized spacial score (nSPS) is 29.4. The first-order valence-electron chi connectivity index (χ1n) is 6.72. The molecule has 1 heterocycles. The molecule has 4 heteroatoms. The lowest BCUT2D eigenvalue weighted by atomic mass is 9.89. The van der Waals surface area contributed by atoms with Gasteiger partial charge in [-0.1, -0.05) is 18.6 Å². The smallest absolute Gasteiger partial charge is 0.124 e. The monoisotopic (exact) mass is 261 g/mol. The maximum Gasteiger partial charge on any atom is 0.124 e. The van der Waals surface area contributed by atoms with Crippen molar-refractivity contribution in [1.82, 2.24) is 4.98 Å². The van der Waals surface area contributed by atoms with Gasteiger partial charge in [0.1, 0.15) is 10.7 Å². The average molecular weight is 261 g/mol. The predicted molar refractivity (Wildman–Crippen MR) is 77.6 cm³/mol. The van der Waals surface area contributed by atoms with E-state index in [1.54, 1.807) is 6.20 Å². The van der Waals surface area contributed by atoms with Gasteiger partial charge in [-0.15, -0.1) is 0 Å². The fourth-order valence-corrected chi connectivity index (χ4v) is 3.77. The molecular weight excluding hydrogens is 242 g/mol. The van der Waals surface area contributed by atoms with Gasteiger partial charge in [0.05, 0.1) is 5.69 Å². The number of nitrogens with two attached hydrogens (primary N) is 1. The summed E-state index contributed by atoms with van der Waals surface area (Å²) in [7, 11) is 0. The molecule has 0 aliphatic heterocycles. The van der Waals surface area contributed by atoms with Gasteiger partial charge in [-0.2, -0.15) is 0 Å². The van der Waals surface area contributed by atoms with Crippen molar-refractivity contribution in [2.24, 2.45) is 23.5 Å². The number of hydrogen-bond donors (Lipinski definition) is 2. The summed E-state index contributed by atoms with van der Waals surface area (Å²) in [4.78, 5) is 4.61. The van der Waals surface area contributed by atoms with E-state index >= 15 is 0 Å². The van der Waals surface area contributed by atoms with Crippen LogP contribution in [0, 0.1) is 17.8 Å². The Morgan fingerprint density at radius 1 is 1.44 bits per heavy atom. The van der Waals surface area contributed by atoms with Crippen molar-refractivity contribution >= 4 is 22.9 Å². The van der Waals surface area contributed by atoms with Gasteiger partial charge >= 0.3 is 0 Å². The van der Waals surface area contributed by atoms with Crippen LogP contribution in [-0.4, -0.2) is 16.5 Å². The zero-order valence-electron chi connectivity index (χ0n) is 10.4. The van der Waals surface area contributed by atoms with E-state index in [9.17, 15) is 0 Å². The van der Waals surface area contributed by atoms with Crippen LogP contribution in [0.2, 0.25) is 0 Å². The molecule has 2 saturated carbocycles. The highest BCUT2D eigenvalue weighted by Gasteiger charge is 2.39. The lowest BCUT2D eigenvalue weighted by Crippen LogP contribution is -2.22. The molecule has 2 aliphatic rings. The van der Waals surface area contributed by atoms with E-state index in [-0.39, 0.29) is 0 Å². The van der Waals surface area contributed by atoms with Crippen molar-refractivity contribution in [3.63, 3.8) is 0 Å². The minimum atomic E-state index is 0.367. The van der Waals surface area contributed by atoms with Crippen LogP contribution in [0.25, 0.3) is 0 Å². The van der Waals surface area contributed by atoms with Gasteiger partial charge in [-0.25, -0.2) is 0 Å². The molecule has 2 aliphatic carbocycles. The van der Waals surface area contributed by atoms with Gasteiger partial charge in [0.15, 0.2) is 0 Å². The topological polar surface area (TPSA) is 50.9 Å². The molecule has 0 spiro atoms. The summed E-state index contributed by atoms with van der Waals surface area (Å²) >= 11 is 5.03. The molecule has 0 saturated heterocycles. The zero-order valence-corrected chi connectivity index (χ0v) is 11.2. The van der Waals surface area contributed by atoms with Gasteiger partial charge in [0.25, 0.3) is 0 Å². The van der Waals surface area contributed by atoms with Crippen LogP contribution in [0.15, 0.2) is 18.3 Å². The van der Waals surface area contributed by atoms with E-state index in [0.29, 0.717) is 4.99 Å². The van der Waals surface area contributed by atoms with Crippen molar-refractivity contribution in [3.05, 3.63) is 24.0 Å². The first-order chi connectivity index (χ1) is 8.74. The van der Waals surface area contributed by atoms with E-state index in [4.69, 9.17) is 18.0 Å². The maximum atomic E-state index is 5.69. The second-order valence-corrected chi connectivity index (χ2v) is 6.02. The third-order valence-electron chi connectivity index (χ3n) is 4.48. The van der Waals surface area contributed by atoms with Crippen molar-refractivity contribution in [1.29, 1.82) is 0 Å². The number of fused-ring (bicyclic) bond motifs is 2. The molecule has 2 fully saturated rings. The van der Waals surface area contributed by atoms with Crippen LogP contribution in [0.3, 0.4) is 0 Å². The second-order valence-electron chi connectivity index (χ2n) is 5.58. The van der Waals surface area contributed by atoms with Crippen LogP contribution in [-0.2, 0) is 0 Å². The largest absolute Gasteiger partial charge is 0.388 e. The fourth-order valence-electron chi connectivity index (χ4n) is 3.61. The maximum absolute atomic E-state index is 5.69. The third-order valence-corrected chi connectivity index (χ3v) is 4.67. The van der Waals surface area contributed by atoms with Gasteiger partial charge in [-0.05, 0) is 49.1 Å². The number of aromatic nitrogens is 1. The average Bonchev–Trinajstić information content (AvgIpc) is 2.98. The summed E-state index contributed by atoms with van der Waals surface area (Å²) in [6.07, 6.45) is 7.44. The first-order valence-corrected chi connectivity index (χ1v) is 7.13. The molecule has 3 atom stereocenters. The van der Waals surface area contributed by atoms with Crippen molar-refractivity contribution in [3.8, 4) is 0 Å². The number of nitrogens with one attached hydrogen (secondary N) is 1. The highest BCUT2D eigenvalue weighted by molar-refractivity contribution is 7.80. The van der Waals surface area contributed by atoms with E-state index in [1.165, 1.54) is 25.7 Å². The number of nitrogens with zero attached hydrogens (tertiary/aromatic N) is 1. The predicted octanol–water partition coefficient (Wildman–Crippen LogP) is 2.56.